The molecular weight excluding hydrogens is 258 g/mol. The first kappa shape index (κ1) is 15.5. The lowest BCUT2D eigenvalue weighted by Gasteiger charge is -2.23. The number of rotatable bonds is 7. The first-order chi connectivity index (χ1) is 10.2. The lowest BCUT2D eigenvalue weighted by atomic mass is 10.2. The quantitative estimate of drug-likeness (QED) is 0.833. The van der Waals surface area contributed by atoms with Crippen molar-refractivity contribution in [2.45, 2.75) is 27.3 Å². The van der Waals surface area contributed by atoms with E-state index in [-0.39, 0.29) is 0 Å². The molecule has 0 fully saturated rings. The van der Waals surface area contributed by atoms with Crippen LogP contribution in [0.15, 0.2) is 48.7 Å². The van der Waals surface area contributed by atoms with Crippen LogP contribution in [0.3, 0.4) is 0 Å². The van der Waals surface area contributed by atoms with Crippen LogP contribution in [-0.2, 0) is 6.54 Å². The van der Waals surface area contributed by atoms with Gasteiger partial charge in [0.25, 0.3) is 0 Å². The number of hydrogen-bond acceptors (Lipinski definition) is 3. The minimum Gasteiger partial charge on any atom is -0.342 e. The summed E-state index contributed by atoms with van der Waals surface area (Å²) in [6, 6.07) is 14.7. The lowest BCUT2D eigenvalue weighted by Crippen LogP contribution is -2.20. The second-order valence-electron chi connectivity index (χ2n) is 5.61. The van der Waals surface area contributed by atoms with Crippen LogP contribution in [-0.4, -0.2) is 18.1 Å². The number of nitrogens with one attached hydrogen (secondary N) is 1. The Labute approximate surface area is 128 Å². The monoisotopic (exact) mass is 283 g/mol. The fraction of sp³-hybridized carbons (Fsp3) is 0.389. The fourth-order valence-electron chi connectivity index (χ4n) is 2.34. The predicted molar refractivity (Wildman–Crippen MR) is 89.9 cm³/mol. The van der Waals surface area contributed by atoms with Crippen LogP contribution in [0.4, 0.5) is 11.4 Å². The van der Waals surface area contributed by atoms with E-state index in [9.17, 15) is 0 Å². The van der Waals surface area contributed by atoms with Crippen LogP contribution >= 0.6 is 0 Å². The molecule has 112 valence electrons. The number of para-hydroxylation sites is 1. The van der Waals surface area contributed by atoms with Crippen molar-refractivity contribution in [3.8, 4) is 0 Å². The van der Waals surface area contributed by atoms with E-state index in [2.05, 4.69) is 72.4 Å². The van der Waals surface area contributed by atoms with Crippen LogP contribution < -0.4 is 10.2 Å². The molecule has 0 bridgehead atoms. The van der Waals surface area contributed by atoms with Gasteiger partial charge in [0, 0.05) is 30.7 Å². The summed E-state index contributed by atoms with van der Waals surface area (Å²) in [6.45, 7) is 9.37. The van der Waals surface area contributed by atoms with Gasteiger partial charge >= 0.3 is 0 Å². The van der Waals surface area contributed by atoms with Gasteiger partial charge < -0.3 is 10.2 Å². The number of benzene rings is 1. The van der Waals surface area contributed by atoms with Crippen LogP contribution in [0, 0.1) is 5.92 Å². The van der Waals surface area contributed by atoms with E-state index in [1.165, 1.54) is 11.4 Å². The molecule has 2 aromatic rings. The highest BCUT2D eigenvalue weighted by atomic mass is 15.1. The molecule has 0 aliphatic heterocycles. The van der Waals surface area contributed by atoms with Gasteiger partial charge in [-0.2, -0.15) is 0 Å². The summed E-state index contributed by atoms with van der Waals surface area (Å²) in [5.41, 5.74) is 3.50. The van der Waals surface area contributed by atoms with Crippen LogP contribution in [0.2, 0.25) is 0 Å². The van der Waals surface area contributed by atoms with Crippen molar-refractivity contribution in [1.82, 2.24) is 10.3 Å². The first-order valence-electron chi connectivity index (χ1n) is 7.69. The van der Waals surface area contributed by atoms with Gasteiger partial charge in [0.1, 0.15) is 0 Å². The molecule has 0 saturated heterocycles. The Kier molecular flexibility index (Phi) is 5.76. The Morgan fingerprint density at radius 1 is 1.10 bits per heavy atom. The Balaban J connectivity index is 2.11. The smallest absolute Gasteiger partial charge is 0.0562 e. The average Bonchev–Trinajstić information content (AvgIpc) is 2.49. The molecule has 0 amide bonds. The highest BCUT2D eigenvalue weighted by Crippen LogP contribution is 2.24. The van der Waals surface area contributed by atoms with Crippen molar-refractivity contribution in [2.24, 2.45) is 5.92 Å². The number of hydrogen-bond donors (Lipinski definition) is 1. The predicted octanol–water partition coefficient (Wildman–Crippen LogP) is 3.99. The van der Waals surface area contributed by atoms with Gasteiger partial charge in [-0.3, -0.25) is 4.98 Å². The second-order valence-corrected chi connectivity index (χ2v) is 5.61. The zero-order chi connectivity index (χ0) is 15.1. The van der Waals surface area contributed by atoms with E-state index >= 15 is 0 Å². The van der Waals surface area contributed by atoms with Gasteiger partial charge in [0.2, 0.25) is 0 Å². The van der Waals surface area contributed by atoms with E-state index < -0.39 is 0 Å². The molecule has 2 rings (SSSR count). The molecule has 3 heteroatoms. The van der Waals surface area contributed by atoms with E-state index in [0.29, 0.717) is 5.92 Å². The zero-order valence-corrected chi connectivity index (χ0v) is 13.2. The molecule has 0 saturated carbocycles. The third kappa shape index (κ3) is 4.57. The fourth-order valence-corrected chi connectivity index (χ4v) is 2.34. The van der Waals surface area contributed by atoms with Gasteiger partial charge in [-0.15, -0.1) is 0 Å². The number of pyridine rings is 1. The minimum atomic E-state index is 0.657. The summed E-state index contributed by atoms with van der Waals surface area (Å²) >= 11 is 0. The molecule has 0 radical (unpaired) electrons. The Morgan fingerprint density at radius 3 is 2.52 bits per heavy atom. The second kappa shape index (κ2) is 7.79. The van der Waals surface area contributed by atoms with Crippen molar-refractivity contribution in [1.29, 1.82) is 0 Å². The maximum absolute atomic E-state index is 4.46. The van der Waals surface area contributed by atoms with Crippen LogP contribution in [0.5, 0.6) is 0 Å². The number of aromatic nitrogens is 1. The molecule has 1 aromatic carbocycles. The van der Waals surface area contributed by atoms with E-state index in [1.54, 1.807) is 0 Å². The van der Waals surface area contributed by atoms with Gasteiger partial charge in [-0.1, -0.05) is 32.0 Å². The van der Waals surface area contributed by atoms with Crippen molar-refractivity contribution >= 4 is 11.4 Å². The number of nitrogens with zero attached hydrogens (tertiary/aromatic N) is 2. The lowest BCUT2D eigenvalue weighted by molar-refractivity contribution is 0.548. The Bertz CT molecular complexity index is 537. The molecule has 0 unspecified atom stereocenters. The maximum Gasteiger partial charge on any atom is 0.0562 e. The van der Waals surface area contributed by atoms with Gasteiger partial charge in [-0.05, 0) is 43.7 Å². The topological polar surface area (TPSA) is 28.2 Å². The third-order valence-corrected chi connectivity index (χ3v) is 3.35. The van der Waals surface area contributed by atoms with Gasteiger partial charge in [0.05, 0.1) is 5.69 Å². The third-order valence-electron chi connectivity index (χ3n) is 3.35. The van der Waals surface area contributed by atoms with Crippen LogP contribution in [0.25, 0.3) is 0 Å². The first-order valence-corrected chi connectivity index (χ1v) is 7.69. The van der Waals surface area contributed by atoms with E-state index in [4.69, 9.17) is 0 Å². The SMILES string of the molecule is CCN(c1ccccc1)c1ccnc(CNCC(C)C)c1. The highest BCUT2D eigenvalue weighted by molar-refractivity contribution is 5.62. The van der Waals surface area contributed by atoms with Crippen LogP contribution in [0.1, 0.15) is 26.5 Å². The van der Waals surface area contributed by atoms with Crippen molar-refractivity contribution in [2.75, 3.05) is 18.0 Å². The average molecular weight is 283 g/mol. The maximum atomic E-state index is 4.46. The summed E-state index contributed by atoms with van der Waals surface area (Å²) in [5.74, 6) is 0.657. The van der Waals surface area contributed by atoms with Gasteiger partial charge in [-0.25, -0.2) is 0 Å². The van der Waals surface area contributed by atoms with E-state index in [1.807, 2.05) is 12.3 Å². The molecule has 3 nitrogen and oxygen atoms in total. The summed E-state index contributed by atoms with van der Waals surface area (Å²) in [7, 11) is 0. The molecule has 0 aliphatic rings. The zero-order valence-electron chi connectivity index (χ0n) is 13.2. The normalized spacial score (nSPS) is 10.9. The molecule has 0 aliphatic carbocycles. The standard InChI is InChI=1S/C18H25N3/c1-4-21(17-8-6-5-7-9-17)18-10-11-20-16(12-18)14-19-13-15(2)3/h5-12,15,19H,4,13-14H2,1-3H3. The van der Waals surface area contributed by atoms with E-state index in [0.717, 1.165) is 25.3 Å². The molecule has 1 aromatic heterocycles. The molecule has 0 atom stereocenters. The Hall–Kier alpha value is -1.87. The molecule has 1 N–H and O–H groups in total. The van der Waals surface area contributed by atoms with Gasteiger partial charge in [0.15, 0.2) is 0 Å². The summed E-state index contributed by atoms with van der Waals surface area (Å²) in [6.07, 6.45) is 1.90. The Morgan fingerprint density at radius 2 is 1.86 bits per heavy atom. The largest absolute Gasteiger partial charge is 0.342 e. The summed E-state index contributed by atoms with van der Waals surface area (Å²) in [4.78, 5) is 6.76. The summed E-state index contributed by atoms with van der Waals surface area (Å²) < 4.78 is 0. The molecular formula is C18H25N3. The molecule has 1 heterocycles. The molecule has 0 spiro atoms. The highest BCUT2D eigenvalue weighted by Gasteiger charge is 2.07. The van der Waals surface area contributed by atoms with Crippen molar-refractivity contribution < 1.29 is 0 Å². The summed E-state index contributed by atoms with van der Waals surface area (Å²) in [5, 5.41) is 3.44. The van der Waals surface area contributed by atoms with Crippen molar-refractivity contribution in [3.63, 3.8) is 0 Å². The number of anilines is 2. The minimum absolute atomic E-state index is 0.657. The molecule has 21 heavy (non-hydrogen) atoms. The van der Waals surface area contributed by atoms with Crippen molar-refractivity contribution in [3.05, 3.63) is 54.4 Å².